The second-order valence-corrected chi connectivity index (χ2v) is 14.8. The Morgan fingerprint density at radius 1 is 0.882 bits per heavy atom. The molecular formula is C32H50O2. The predicted octanol–water partition coefficient (Wildman–Crippen LogP) is 8.66. The third-order valence-corrected chi connectivity index (χ3v) is 13.0. The minimum atomic E-state index is -0.115. The van der Waals surface area contributed by atoms with Crippen molar-refractivity contribution in [3.63, 3.8) is 0 Å². The summed E-state index contributed by atoms with van der Waals surface area (Å²) in [4.78, 5) is 11.9. The summed E-state index contributed by atoms with van der Waals surface area (Å²) in [6, 6.07) is 0. The largest absolute Gasteiger partial charge is 0.462 e. The normalized spacial score (nSPS) is 49.9. The Hall–Kier alpha value is -1.05. The van der Waals surface area contributed by atoms with Crippen molar-refractivity contribution in [3.8, 4) is 0 Å². The zero-order chi connectivity index (χ0) is 24.9. The van der Waals surface area contributed by atoms with Crippen LogP contribution in [0.3, 0.4) is 0 Å². The molecule has 5 aliphatic carbocycles. The molecule has 0 aromatic heterocycles. The first kappa shape index (κ1) is 24.6. The van der Waals surface area contributed by atoms with Crippen molar-refractivity contribution in [3.05, 3.63) is 23.3 Å². The molecule has 5 aliphatic rings. The summed E-state index contributed by atoms with van der Waals surface area (Å²) < 4.78 is 5.90. The molecule has 2 nitrogen and oxygen atoms in total. The van der Waals surface area contributed by atoms with Crippen molar-refractivity contribution >= 4 is 5.97 Å². The van der Waals surface area contributed by atoms with Gasteiger partial charge in [-0.25, -0.2) is 0 Å². The Morgan fingerprint density at radius 3 is 2.26 bits per heavy atom. The van der Waals surface area contributed by atoms with Crippen LogP contribution in [0.15, 0.2) is 23.3 Å². The van der Waals surface area contributed by atoms with Crippen molar-refractivity contribution in [2.24, 2.45) is 44.8 Å². The van der Waals surface area contributed by atoms with E-state index in [0.717, 1.165) is 12.3 Å². The van der Waals surface area contributed by atoms with Gasteiger partial charge >= 0.3 is 5.97 Å². The molecule has 0 spiro atoms. The number of rotatable bonds is 1. The molecule has 0 saturated heterocycles. The number of esters is 1. The number of fused-ring (bicyclic) bond motifs is 6. The summed E-state index contributed by atoms with van der Waals surface area (Å²) >= 11 is 0. The van der Waals surface area contributed by atoms with Crippen LogP contribution in [0.2, 0.25) is 0 Å². The maximum atomic E-state index is 11.9. The van der Waals surface area contributed by atoms with Crippen LogP contribution in [0.1, 0.15) is 120 Å². The fraction of sp³-hybridized carbons (Fsp3) is 0.844. The Balaban J connectivity index is 1.56. The molecule has 34 heavy (non-hydrogen) atoms. The highest BCUT2D eigenvalue weighted by molar-refractivity contribution is 5.66. The van der Waals surface area contributed by atoms with Crippen LogP contribution in [0.4, 0.5) is 0 Å². The molecule has 0 unspecified atom stereocenters. The van der Waals surface area contributed by atoms with Gasteiger partial charge in [-0.1, -0.05) is 60.6 Å². The molecule has 0 aromatic rings. The summed E-state index contributed by atoms with van der Waals surface area (Å²) in [6.07, 6.45) is 12.8. The highest BCUT2D eigenvalue weighted by atomic mass is 16.5. The van der Waals surface area contributed by atoms with Crippen LogP contribution >= 0.6 is 0 Å². The van der Waals surface area contributed by atoms with Crippen LogP contribution in [0.5, 0.6) is 0 Å². The molecular weight excluding hydrogens is 416 g/mol. The smallest absolute Gasteiger partial charge is 0.302 e. The van der Waals surface area contributed by atoms with Gasteiger partial charge in [0.2, 0.25) is 0 Å². The van der Waals surface area contributed by atoms with E-state index in [4.69, 9.17) is 11.3 Å². The summed E-state index contributed by atoms with van der Waals surface area (Å²) in [5.41, 5.74) is 6.34. The molecule has 0 radical (unpaired) electrons. The van der Waals surface area contributed by atoms with Crippen LogP contribution < -0.4 is 0 Å². The van der Waals surface area contributed by atoms with E-state index >= 15 is 0 Å². The maximum absolute atomic E-state index is 11.9. The molecule has 0 N–H and O–H groups in total. The molecule has 0 bridgehead atoms. The number of hydrogen-bond donors (Lipinski definition) is 0. The molecule has 0 heterocycles. The first-order valence-electron chi connectivity index (χ1n) is 14.3. The minimum Gasteiger partial charge on any atom is -0.462 e. The first-order chi connectivity index (χ1) is 15.7. The lowest BCUT2D eigenvalue weighted by molar-refractivity contribution is -0.213. The Labute approximate surface area is 209 Å². The monoisotopic (exact) mass is 466 g/mol. The van der Waals surface area contributed by atoms with Gasteiger partial charge < -0.3 is 4.74 Å². The average molecular weight is 467 g/mol. The van der Waals surface area contributed by atoms with Crippen molar-refractivity contribution in [2.45, 2.75) is 126 Å². The van der Waals surface area contributed by atoms with Crippen LogP contribution in [-0.2, 0) is 9.53 Å². The number of allylic oxidation sites excluding steroid dienone is 3. The zero-order valence-corrected chi connectivity index (χ0v) is 23.4. The number of carbonyl (C=O) groups is 1. The van der Waals surface area contributed by atoms with E-state index in [-0.39, 0.29) is 22.9 Å². The van der Waals surface area contributed by atoms with Crippen molar-refractivity contribution in [2.75, 3.05) is 0 Å². The van der Waals surface area contributed by atoms with Gasteiger partial charge in [-0.3, -0.25) is 4.79 Å². The van der Waals surface area contributed by atoms with Gasteiger partial charge in [0, 0.05) is 12.3 Å². The summed E-state index contributed by atoms with van der Waals surface area (Å²) in [7, 11) is 0. The van der Waals surface area contributed by atoms with Crippen LogP contribution in [-0.4, -0.2) is 12.1 Å². The van der Waals surface area contributed by atoms with E-state index in [9.17, 15) is 4.79 Å². The van der Waals surface area contributed by atoms with Gasteiger partial charge in [-0.2, -0.15) is 0 Å². The maximum Gasteiger partial charge on any atom is 0.302 e. The highest BCUT2D eigenvalue weighted by Gasteiger charge is 2.67. The van der Waals surface area contributed by atoms with Gasteiger partial charge in [0.1, 0.15) is 6.10 Å². The molecule has 8 atom stereocenters. The molecule has 0 aromatic carbocycles. The Morgan fingerprint density at radius 2 is 1.59 bits per heavy atom. The molecule has 0 amide bonds. The number of ether oxygens (including phenoxy) is 1. The Kier molecular flexibility index (Phi) is 5.42. The van der Waals surface area contributed by atoms with E-state index in [1.165, 1.54) is 63.4 Å². The van der Waals surface area contributed by atoms with Crippen molar-refractivity contribution < 1.29 is 9.53 Å². The fourth-order valence-corrected chi connectivity index (χ4v) is 10.8. The highest BCUT2D eigenvalue weighted by Crippen LogP contribution is 2.75. The first-order valence-corrected chi connectivity index (χ1v) is 14.3. The topological polar surface area (TPSA) is 26.3 Å². The third kappa shape index (κ3) is 3.02. The van der Waals surface area contributed by atoms with Crippen molar-refractivity contribution in [1.82, 2.24) is 0 Å². The average Bonchev–Trinajstić information content (AvgIpc) is 2.74. The van der Waals surface area contributed by atoms with Gasteiger partial charge in [0.25, 0.3) is 0 Å². The summed E-state index contributed by atoms with van der Waals surface area (Å²) in [6.45, 7) is 24.0. The molecule has 2 heteroatoms. The van der Waals surface area contributed by atoms with E-state index in [2.05, 4.69) is 48.5 Å². The lowest BCUT2D eigenvalue weighted by Gasteiger charge is -2.71. The molecule has 4 fully saturated rings. The van der Waals surface area contributed by atoms with E-state index in [0.29, 0.717) is 28.1 Å². The standard InChI is InChI=1S/C32H50O2/c1-20-12-15-29(6)18-19-31(8)23(27(29)21(20)2)10-11-25-30(7)16-14-26(34-22(3)33)28(4,5)24(30)13-17-32(25,31)9/h20,24-26H,2,10-19H2,1,3-9H3/t20-,24+,25-,26-,29-,30+,31-,32-/m1/s1. The van der Waals surface area contributed by atoms with E-state index in [1.807, 2.05) is 5.57 Å². The Bertz CT molecular complexity index is 941. The van der Waals surface area contributed by atoms with Crippen molar-refractivity contribution in [1.29, 1.82) is 0 Å². The zero-order valence-electron chi connectivity index (χ0n) is 23.4. The lowest BCUT2D eigenvalue weighted by Crippen LogP contribution is -2.64. The quantitative estimate of drug-likeness (QED) is 0.361. The van der Waals surface area contributed by atoms with Gasteiger partial charge in [0.05, 0.1) is 0 Å². The SMILES string of the molecule is C=C1C2=C3CC[C@@H]4[C@@]5(C)CC[C@@H](OC(C)=O)C(C)(C)[C@@H]5CC[C@@]4(C)[C@]3(C)CC[C@@]2(C)CC[C@H]1C. The van der Waals surface area contributed by atoms with Gasteiger partial charge in [-0.15, -0.1) is 0 Å². The second-order valence-electron chi connectivity index (χ2n) is 14.8. The third-order valence-electron chi connectivity index (χ3n) is 13.0. The number of carbonyl (C=O) groups excluding carboxylic acids is 1. The lowest BCUT2D eigenvalue weighted by atomic mass is 9.34. The second kappa shape index (κ2) is 7.48. The van der Waals surface area contributed by atoms with Gasteiger partial charge in [0.15, 0.2) is 0 Å². The number of hydrogen-bond acceptors (Lipinski definition) is 2. The molecule has 4 saturated carbocycles. The summed E-state index contributed by atoms with van der Waals surface area (Å²) in [5, 5.41) is 0. The van der Waals surface area contributed by atoms with E-state index < -0.39 is 0 Å². The predicted molar refractivity (Wildman–Crippen MR) is 140 cm³/mol. The molecule has 0 aliphatic heterocycles. The van der Waals surface area contributed by atoms with E-state index in [1.54, 1.807) is 12.5 Å². The minimum absolute atomic E-state index is 0.0396. The fourth-order valence-electron chi connectivity index (χ4n) is 10.8. The molecule has 190 valence electrons. The van der Waals surface area contributed by atoms with Crippen LogP contribution in [0.25, 0.3) is 0 Å². The van der Waals surface area contributed by atoms with Crippen LogP contribution in [0, 0.1) is 44.8 Å². The van der Waals surface area contributed by atoms with Gasteiger partial charge in [-0.05, 0) is 115 Å². The summed E-state index contributed by atoms with van der Waals surface area (Å²) in [5.74, 6) is 1.88. The molecule has 5 rings (SSSR count).